The zero-order valence-electron chi connectivity index (χ0n) is 9.71. The lowest BCUT2D eigenvalue weighted by atomic mass is 10.2. The molecule has 1 fully saturated rings. The molecule has 1 saturated heterocycles. The number of imidazole rings is 1. The van der Waals surface area contributed by atoms with E-state index in [-0.39, 0.29) is 5.91 Å². The lowest BCUT2D eigenvalue weighted by Crippen LogP contribution is -2.48. The molecule has 3 rings (SSSR count). The van der Waals surface area contributed by atoms with Crippen molar-refractivity contribution in [3.63, 3.8) is 0 Å². The maximum atomic E-state index is 11.7. The minimum Gasteiger partial charge on any atom is -0.360 e. The zero-order valence-corrected chi connectivity index (χ0v) is 9.71. The number of carbonyl (C=O) groups excluding carboxylic acids is 1. The average Bonchev–Trinajstić information content (AvgIpc) is 2.79. The minimum atomic E-state index is 0.166. The highest BCUT2D eigenvalue weighted by Gasteiger charge is 2.21. The molecule has 2 aromatic rings. The van der Waals surface area contributed by atoms with Crippen LogP contribution in [0.2, 0.25) is 0 Å². The van der Waals surface area contributed by atoms with Crippen molar-refractivity contribution < 1.29 is 4.79 Å². The van der Waals surface area contributed by atoms with Gasteiger partial charge in [0, 0.05) is 50.5 Å². The molecular weight excluding hydrogens is 216 g/mol. The zero-order chi connectivity index (χ0) is 11.8. The first-order chi connectivity index (χ1) is 8.24. The third-order valence-electron chi connectivity index (χ3n) is 3.20. The van der Waals surface area contributed by atoms with E-state index in [4.69, 9.17) is 0 Å². The largest absolute Gasteiger partial charge is 0.360 e. The standard InChI is InChI=1S/C12H14N4O/c1-14-6-7-16(9-12(14)17)10-2-4-15-5-3-13-11(15)8-10/h2-5,8H,6-7,9H2,1H3. The maximum absolute atomic E-state index is 11.7. The fourth-order valence-electron chi connectivity index (χ4n) is 2.08. The molecule has 0 radical (unpaired) electrons. The van der Waals surface area contributed by atoms with Gasteiger partial charge in [-0.2, -0.15) is 0 Å². The number of hydrogen-bond donors (Lipinski definition) is 0. The van der Waals surface area contributed by atoms with Crippen molar-refractivity contribution in [1.82, 2.24) is 14.3 Å². The van der Waals surface area contributed by atoms with Crippen LogP contribution in [0.3, 0.4) is 0 Å². The highest BCUT2D eigenvalue weighted by Crippen LogP contribution is 2.18. The highest BCUT2D eigenvalue weighted by molar-refractivity contribution is 5.82. The van der Waals surface area contributed by atoms with Crippen LogP contribution in [0.4, 0.5) is 5.69 Å². The summed E-state index contributed by atoms with van der Waals surface area (Å²) in [5, 5.41) is 0. The molecule has 0 aliphatic carbocycles. The number of piperazine rings is 1. The van der Waals surface area contributed by atoms with E-state index in [1.165, 1.54) is 0 Å². The second kappa shape index (κ2) is 3.76. The number of rotatable bonds is 1. The smallest absolute Gasteiger partial charge is 0.241 e. The molecule has 5 nitrogen and oxygen atoms in total. The Morgan fingerprint density at radius 2 is 2.18 bits per heavy atom. The monoisotopic (exact) mass is 230 g/mol. The Morgan fingerprint density at radius 1 is 1.29 bits per heavy atom. The quantitative estimate of drug-likeness (QED) is 0.721. The van der Waals surface area contributed by atoms with E-state index >= 15 is 0 Å². The first-order valence-electron chi connectivity index (χ1n) is 5.66. The predicted octanol–water partition coefficient (Wildman–Crippen LogP) is 0.613. The second-order valence-corrected chi connectivity index (χ2v) is 4.31. The first kappa shape index (κ1) is 10.1. The summed E-state index contributed by atoms with van der Waals surface area (Å²) in [4.78, 5) is 19.8. The molecule has 0 aromatic carbocycles. The Bertz CT molecular complexity index is 562. The van der Waals surface area contributed by atoms with E-state index < -0.39 is 0 Å². The normalized spacial score (nSPS) is 16.9. The van der Waals surface area contributed by atoms with E-state index in [2.05, 4.69) is 9.88 Å². The van der Waals surface area contributed by atoms with Gasteiger partial charge in [-0.1, -0.05) is 0 Å². The van der Waals surface area contributed by atoms with Crippen molar-refractivity contribution in [2.75, 3.05) is 31.6 Å². The Labute approximate surface area is 99.3 Å². The number of nitrogens with zero attached hydrogens (tertiary/aromatic N) is 4. The Kier molecular flexibility index (Phi) is 2.24. The highest BCUT2D eigenvalue weighted by atomic mass is 16.2. The number of likely N-dealkylation sites (N-methyl/N-ethyl adjacent to an activating group) is 1. The number of carbonyl (C=O) groups is 1. The third kappa shape index (κ3) is 1.73. The Morgan fingerprint density at radius 3 is 3.00 bits per heavy atom. The third-order valence-corrected chi connectivity index (χ3v) is 3.20. The van der Waals surface area contributed by atoms with Gasteiger partial charge in [0.1, 0.15) is 5.65 Å². The SMILES string of the molecule is CN1CCN(c2ccn3ccnc3c2)CC1=O. The van der Waals surface area contributed by atoms with Crippen LogP contribution < -0.4 is 4.90 Å². The maximum Gasteiger partial charge on any atom is 0.241 e. The van der Waals surface area contributed by atoms with Gasteiger partial charge < -0.3 is 14.2 Å². The van der Waals surface area contributed by atoms with Gasteiger partial charge in [-0.25, -0.2) is 4.98 Å². The summed E-state index contributed by atoms with van der Waals surface area (Å²) >= 11 is 0. The summed E-state index contributed by atoms with van der Waals surface area (Å²) in [5.74, 6) is 0.166. The molecule has 3 heterocycles. The molecule has 88 valence electrons. The number of amides is 1. The molecule has 0 atom stereocenters. The summed E-state index contributed by atoms with van der Waals surface area (Å²) in [6.45, 7) is 2.10. The summed E-state index contributed by atoms with van der Waals surface area (Å²) in [6, 6.07) is 4.03. The van der Waals surface area contributed by atoms with E-state index in [1.807, 2.05) is 36.0 Å². The molecule has 0 unspecified atom stereocenters. The molecule has 1 aliphatic heterocycles. The number of hydrogen-bond acceptors (Lipinski definition) is 3. The van der Waals surface area contributed by atoms with Gasteiger partial charge in [-0.05, 0) is 6.07 Å². The fourth-order valence-corrected chi connectivity index (χ4v) is 2.08. The van der Waals surface area contributed by atoms with Crippen molar-refractivity contribution >= 4 is 17.2 Å². The van der Waals surface area contributed by atoms with Crippen LogP contribution in [0, 0.1) is 0 Å². The number of aromatic nitrogens is 2. The van der Waals surface area contributed by atoms with Gasteiger partial charge in [0.05, 0.1) is 6.54 Å². The molecule has 1 aliphatic rings. The van der Waals surface area contributed by atoms with Gasteiger partial charge in [0.2, 0.25) is 5.91 Å². The Hall–Kier alpha value is -2.04. The van der Waals surface area contributed by atoms with E-state index in [9.17, 15) is 4.79 Å². The summed E-state index contributed by atoms with van der Waals surface area (Å²) < 4.78 is 1.96. The lowest BCUT2D eigenvalue weighted by molar-refractivity contribution is -0.129. The van der Waals surface area contributed by atoms with Crippen LogP contribution in [0.1, 0.15) is 0 Å². The molecular formula is C12H14N4O. The van der Waals surface area contributed by atoms with Gasteiger partial charge in [-0.3, -0.25) is 4.79 Å². The molecule has 5 heteroatoms. The summed E-state index contributed by atoms with van der Waals surface area (Å²) in [5.41, 5.74) is 1.97. The van der Waals surface area contributed by atoms with Crippen molar-refractivity contribution in [1.29, 1.82) is 0 Å². The number of pyridine rings is 1. The predicted molar refractivity (Wildman–Crippen MR) is 65.0 cm³/mol. The van der Waals surface area contributed by atoms with Crippen molar-refractivity contribution in [2.24, 2.45) is 0 Å². The summed E-state index contributed by atoms with van der Waals surface area (Å²) in [6.07, 6.45) is 5.66. The van der Waals surface area contributed by atoms with Gasteiger partial charge in [-0.15, -0.1) is 0 Å². The first-order valence-corrected chi connectivity index (χ1v) is 5.66. The molecule has 1 amide bonds. The van der Waals surface area contributed by atoms with Crippen LogP contribution >= 0.6 is 0 Å². The summed E-state index contributed by atoms with van der Waals surface area (Å²) in [7, 11) is 1.84. The molecule has 2 aromatic heterocycles. The van der Waals surface area contributed by atoms with Gasteiger partial charge in [0.15, 0.2) is 0 Å². The van der Waals surface area contributed by atoms with Gasteiger partial charge >= 0.3 is 0 Å². The molecule has 0 N–H and O–H groups in total. The van der Waals surface area contributed by atoms with Crippen LogP contribution in [-0.4, -0.2) is 46.9 Å². The van der Waals surface area contributed by atoms with E-state index in [0.717, 1.165) is 24.4 Å². The van der Waals surface area contributed by atoms with Crippen LogP contribution in [0.15, 0.2) is 30.7 Å². The fraction of sp³-hybridized carbons (Fsp3) is 0.333. The minimum absolute atomic E-state index is 0.166. The molecule has 17 heavy (non-hydrogen) atoms. The molecule has 0 saturated carbocycles. The van der Waals surface area contributed by atoms with Crippen molar-refractivity contribution in [3.8, 4) is 0 Å². The van der Waals surface area contributed by atoms with Crippen molar-refractivity contribution in [3.05, 3.63) is 30.7 Å². The van der Waals surface area contributed by atoms with E-state index in [0.29, 0.717) is 6.54 Å². The molecule has 0 spiro atoms. The number of anilines is 1. The topological polar surface area (TPSA) is 40.9 Å². The average molecular weight is 230 g/mol. The lowest BCUT2D eigenvalue weighted by Gasteiger charge is -2.33. The Balaban J connectivity index is 1.90. The second-order valence-electron chi connectivity index (χ2n) is 4.31. The van der Waals surface area contributed by atoms with Crippen LogP contribution in [-0.2, 0) is 4.79 Å². The van der Waals surface area contributed by atoms with Crippen LogP contribution in [0.5, 0.6) is 0 Å². The van der Waals surface area contributed by atoms with Crippen molar-refractivity contribution in [2.45, 2.75) is 0 Å². The number of fused-ring (bicyclic) bond motifs is 1. The van der Waals surface area contributed by atoms with Crippen LogP contribution in [0.25, 0.3) is 5.65 Å². The van der Waals surface area contributed by atoms with Gasteiger partial charge in [0.25, 0.3) is 0 Å². The van der Waals surface area contributed by atoms with E-state index in [1.54, 1.807) is 11.1 Å². The molecule has 0 bridgehead atoms.